The fourth-order valence-electron chi connectivity index (χ4n) is 2.49. The van der Waals surface area contributed by atoms with Crippen LogP contribution in [-0.2, 0) is 6.54 Å². The zero-order chi connectivity index (χ0) is 14.8. The number of fused-ring (bicyclic) bond motifs is 1. The van der Waals surface area contributed by atoms with Gasteiger partial charge in [0.25, 0.3) is 0 Å². The van der Waals surface area contributed by atoms with Crippen molar-refractivity contribution in [2.75, 3.05) is 12.8 Å². The van der Waals surface area contributed by atoms with Gasteiger partial charge in [-0.05, 0) is 24.6 Å². The fourth-order valence-corrected chi connectivity index (χ4v) is 2.49. The van der Waals surface area contributed by atoms with E-state index in [0.29, 0.717) is 5.69 Å². The summed E-state index contributed by atoms with van der Waals surface area (Å²) in [5, 5.41) is 0. The maximum absolute atomic E-state index is 5.84. The zero-order valence-electron chi connectivity index (χ0n) is 12.2. The van der Waals surface area contributed by atoms with Crippen molar-refractivity contribution in [2.24, 2.45) is 0 Å². The molecule has 0 radical (unpaired) electrons. The number of pyridine rings is 1. The monoisotopic (exact) mass is 282 g/mol. The summed E-state index contributed by atoms with van der Waals surface area (Å²) in [6, 6.07) is 7.85. The van der Waals surface area contributed by atoms with Gasteiger partial charge in [-0.15, -0.1) is 0 Å². The highest BCUT2D eigenvalue weighted by atomic mass is 16.5. The molecule has 5 heteroatoms. The molecule has 0 amide bonds. The van der Waals surface area contributed by atoms with Gasteiger partial charge >= 0.3 is 0 Å². The number of ether oxygens (including phenoxy) is 1. The number of rotatable bonds is 4. The van der Waals surface area contributed by atoms with Gasteiger partial charge in [0.05, 0.1) is 23.8 Å². The van der Waals surface area contributed by atoms with Gasteiger partial charge in [-0.25, -0.2) is 4.98 Å². The number of aryl methyl sites for hydroxylation is 1. The lowest BCUT2D eigenvalue weighted by Gasteiger charge is -2.08. The van der Waals surface area contributed by atoms with Gasteiger partial charge in [0.15, 0.2) is 0 Å². The molecule has 0 spiro atoms. The van der Waals surface area contributed by atoms with Crippen molar-refractivity contribution in [1.29, 1.82) is 0 Å². The van der Waals surface area contributed by atoms with Crippen LogP contribution in [0.3, 0.4) is 0 Å². The second-order valence-corrected chi connectivity index (χ2v) is 4.95. The van der Waals surface area contributed by atoms with E-state index in [1.54, 1.807) is 19.5 Å². The van der Waals surface area contributed by atoms with Crippen LogP contribution in [0, 0.1) is 0 Å². The molecule has 0 aliphatic carbocycles. The number of nitrogens with two attached hydrogens (primary N) is 1. The first kappa shape index (κ1) is 13.4. The minimum atomic E-state index is 0.639. The molecule has 108 valence electrons. The molecular weight excluding hydrogens is 264 g/mol. The van der Waals surface area contributed by atoms with Crippen molar-refractivity contribution in [1.82, 2.24) is 14.5 Å². The number of hydrogen-bond acceptors (Lipinski definition) is 4. The molecule has 21 heavy (non-hydrogen) atoms. The number of anilines is 1. The number of imidazole rings is 1. The van der Waals surface area contributed by atoms with Gasteiger partial charge in [-0.2, -0.15) is 0 Å². The lowest BCUT2D eigenvalue weighted by atomic mass is 10.2. The van der Waals surface area contributed by atoms with Gasteiger partial charge in [-0.1, -0.05) is 6.92 Å². The Morgan fingerprint density at radius 3 is 2.81 bits per heavy atom. The summed E-state index contributed by atoms with van der Waals surface area (Å²) >= 11 is 0. The van der Waals surface area contributed by atoms with Crippen molar-refractivity contribution in [3.05, 3.63) is 36.7 Å². The highest BCUT2D eigenvalue weighted by molar-refractivity contribution is 5.82. The molecule has 2 N–H and O–H groups in total. The Bertz CT molecular complexity index is 779. The smallest absolute Gasteiger partial charge is 0.142 e. The lowest BCUT2D eigenvalue weighted by molar-refractivity contribution is 0.415. The summed E-state index contributed by atoms with van der Waals surface area (Å²) in [6.45, 7) is 3.05. The summed E-state index contributed by atoms with van der Waals surface area (Å²) in [5.41, 5.74) is 9.42. The highest BCUT2D eigenvalue weighted by Crippen LogP contribution is 2.28. The Kier molecular flexibility index (Phi) is 3.48. The van der Waals surface area contributed by atoms with Crippen molar-refractivity contribution in [2.45, 2.75) is 19.9 Å². The normalized spacial score (nSPS) is 11.0. The van der Waals surface area contributed by atoms with Crippen LogP contribution in [0.5, 0.6) is 5.75 Å². The Morgan fingerprint density at radius 2 is 2.10 bits per heavy atom. The Balaban J connectivity index is 2.23. The molecule has 0 atom stereocenters. The second-order valence-electron chi connectivity index (χ2n) is 4.95. The number of hydrogen-bond donors (Lipinski definition) is 1. The molecule has 0 aliphatic rings. The van der Waals surface area contributed by atoms with E-state index in [2.05, 4.69) is 16.5 Å². The van der Waals surface area contributed by atoms with Gasteiger partial charge in [0.1, 0.15) is 11.6 Å². The summed E-state index contributed by atoms with van der Waals surface area (Å²) in [6.07, 6.45) is 4.46. The first-order valence-corrected chi connectivity index (χ1v) is 6.98. The fraction of sp³-hybridized carbons (Fsp3) is 0.250. The van der Waals surface area contributed by atoms with Crippen molar-refractivity contribution in [3.63, 3.8) is 0 Å². The number of nitrogens with zero attached hydrogens (tertiary/aromatic N) is 3. The molecule has 0 unspecified atom stereocenters. The Labute approximate surface area is 123 Å². The molecule has 0 fully saturated rings. The van der Waals surface area contributed by atoms with Crippen LogP contribution in [0.1, 0.15) is 13.3 Å². The number of benzene rings is 1. The quantitative estimate of drug-likeness (QED) is 0.798. The molecule has 2 aromatic heterocycles. The molecule has 0 saturated carbocycles. The minimum Gasteiger partial charge on any atom is -0.497 e. The third kappa shape index (κ3) is 2.42. The largest absolute Gasteiger partial charge is 0.497 e. The second kappa shape index (κ2) is 5.44. The SMILES string of the molecule is CCCn1c(-c2cncc(N)c2)nc2cc(OC)ccc21. The van der Waals surface area contributed by atoms with E-state index in [4.69, 9.17) is 15.5 Å². The predicted octanol–water partition coefficient (Wildman–Crippen LogP) is 3.10. The average Bonchev–Trinajstić information content (AvgIpc) is 2.85. The van der Waals surface area contributed by atoms with E-state index < -0.39 is 0 Å². The Hall–Kier alpha value is -2.56. The molecule has 5 nitrogen and oxygen atoms in total. The zero-order valence-corrected chi connectivity index (χ0v) is 12.2. The highest BCUT2D eigenvalue weighted by Gasteiger charge is 2.13. The summed E-state index contributed by atoms with van der Waals surface area (Å²) < 4.78 is 7.47. The summed E-state index contributed by atoms with van der Waals surface area (Å²) in [4.78, 5) is 8.90. The lowest BCUT2D eigenvalue weighted by Crippen LogP contribution is -2.00. The summed E-state index contributed by atoms with van der Waals surface area (Å²) in [7, 11) is 1.66. The molecule has 0 aliphatic heterocycles. The van der Waals surface area contributed by atoms with E-state index >= 15 is 0 Å². The van der Waals surface area contributed by atoms with Crippen LogP contribution in [0.25, 0.3) is 22.4 Å². The van der Waals surface area contributed by atoms with Crippen LogP contribution >= 0.6 is 0 Å². The number of nitrogen functional groups attached to an aromatic ring is 1. The number of aromatic nitrogens is 3. The number of methoxy groups -OCH3 is 1. The van der Waals surface area contributed by atoms with Crippen LogP contribution in [0.2, 0.25) is 0 Å². The molecule has 0 saturated heterocycles. The maximum atomic E-state index is 5.84. The van der Waals surface area contributed by atoms with Crippen molar-refractivity contribution in [3.8, 4) is 17.1 Å². The first-order valence-electron chi connectivity index (χ1n) is 6.98. The van der Waals surface area contributed by atoms with E-state index in [9.17, 15) is 0 Å². The summed E-state index contributed by atoms with van der Waals surface area (Å²) in [5.74, 6) is 1.70. The van der Waals surface area contributed by atoms with Gasteiger partial charge < -0.3 is 15.0 Å². The van der Waals surface area contributed by atoms with Crippen molar-refractivity contribution >= 4 is 16.7 Å². The molecular formula is C16H18N4O. The van der Waals surface area contributed by atoms with Crippen LogP contribution < -0.4 is 10.5 Å². The molecule has 3 aromatic rings. The van der Waals surface area contributed by atoms with Gasteiger partial charge in [0.2, 0.25) is 0 Å². The van der Waals surface area contributed by atoms with E-state index in [-0.39, 0.29) is 0 Å². The average molecular weight is 282 g/mol. The van der Waals surface area contributed by atoms with Crippen molar-refractivity contribution < 1.29 is 4.74 Å². The first-order chi connectivity index (χ1) is 10.2. The predicted molar refractivity (Wildman–Crippen MR) is 84.2 cm³/mol. The standard InChI is InChI=1S/C16H18N4O/c1-3-6-20-15-5-4-13(21-2)8-14(15)19-16(20)11-7-12(17)10-18-9-11/h4-5,7-10H,3,6,17H2,1-2H3. The van der Waals surface area contributed by atoms with E-state index in [0.717, 1.165) is 41.1 Å². The third-order valence-electron chi connectivity index (χ3n) is 3.42. The Morgan fingerprint density at radius 1 is 1.24 bits per heavy atom. The van der Waals surface area contributed by atoms with E-state index in [1.165, 1.54) is 0 Å². The third-order valence-corrected chi connectivity index (χ3v) is 3.42. The molecule has 3 rings (SSSR count). The van der Waals surface area contributed by atoms with Crippen LogP contribution in [-0.4, -0.2) is 21.6 Å². The van der Waals surface area contributed by atoms with Gasteiger partial charge in [0, 0.05) is 30.6 Å². The van der Waals surface area contributed by atoms with Gasteiger partial charge in [-0.3, -0.25) is 4.98 Å². The molecule has 1 aromatic carbocycles. The maximum Gasteiger partial charge on any atom is 0.142 e. The molecule has 0 bridgehead atoms. The minimum absolute atomic E-state index is 0.639. The van der Waals surface area contributed by atoms with Crippen LogP contribution in [0.15, 0.2) is 36.7 Å². The van der Waals surface area contributed by atoms with Crippen LogP contribution in [0.4, 0.5) is 5.69 Å². The van der Waals surface area contributed by atoms with E-state index in [1.807, 2.05) is 24.3 Å². The topological polar surface area (TPSA) is 66.0 Å². The molecule has 2 heterocycles.